The first-order valence-electron chi connectivity index (χ1n) is 8.29. The van der Waals surface area contributed by atoms with Crippen molar-refractivity contribution < 1.29 is 9.90 Å². The van der Waals surface area contributed by atoms with Crippen LogP contribution in [0.15, 0.2) is 23.0 Å². The van der Waals surface area contributed by atoms with E-state index in [0.717, 1.165) is 4.88 Å². The molecule has 0 bridgehead atoms. The number of nitrogens with zero attached hydrogens (tertiary/aromatic N) is 2. The first kappa shape index (κ1) is 16.0. The molecule has 0 aromatic carbocycles. The third kappa shape index (κ3) is 2.40. The van der Waals surface area contributed by atoms with Crippen LogP contribution in [0.5, 0.6) is 0 Å². The van der Waals surface area contributed by atoms with Crippen LogP contribution in [0.4, 0.5) is 0 Å². The molecule has 0 amide bonds. The Labute approximate surface area is 149 Å². The van der Waals surface area contributed by atoms with Gasteiger partial charge in [-0.2, -0.15) is 0 Å². The van der Waals surface area contributed by atoms with Crippen molar-refractivity contribution in [3.05, 3.63) is 55.4 Å². The molecule has 4 rings (SSSR count). The highest BCUT2D eigenvalue weighted by atomic mass is 32.1. The first-order valence-corrected chi connectivity index (χ1v) is 9.10. The number of aliphatic carboxylic acids is 1. The molecule has 0 radical (unpaired) electrons. The third-order valence-corrected chi connectivity index (χ3v) is 5.96. The summed E-state index contributed by atoms with van der Waals surface area (Å²) in [6.07, 6.45) is 8.23. The van der Waals surface area contributed by atoms with Crippen molar-refractivity contribution in [1.82, 2.24) is 9.55 Å². The Balaban J connectivity index is 1.79. The fourth-order valence-electron chi connectivity index (χ4n) is 3.48. The quantitative estimate of drug-likeness (QED) is 0.913. The van der Waals surface area contributed by atoms with Crippen LogP contribution in [0.2, 0.25) is 0 Å². The smallest absolute Gasteiger partial charge is 0.315 e. The van der Waals surface area contributed by atoms with Crippen LogP contribution in [-0.4, -0.2) is 20.6 Å². The number of aromatic nitrogens is 2. The van der Waals surface area contributed by atoms with Gasteiger partial charge in [-0.05, 0) is 50.1 Å². The normalized spacial score (nSPS) is 23.5. The largest absolute Gasteiger partial charge is 0.481 e. The topological polar surface area (TPSA) is 72.2 Å². The molecule has 25 heavy (non-hydrogen) atoms. The van der Waals surface area contributed by atoms with E-state index in [1.54, 1.807) is 28.1 Å². The van der Waals surface area contributed by atoms with E-state index in [0.29, 0.717) is 29.9 Å². The summed E-state index contributed by atoms with van der Waals surface area (Å²) in [7, 11) is 0. The number of aryl methyl sites for hydroxylation is 1. The van der Waals surface area contributed by atoms with Crippen LogP contribution >= 0.6 is 11.3 Å². The molecular weight excluding hydrogens is 336 g/mol. The van der Waals surface area contributed by atoms with E-state index in [1.165, 1.54) is 4.88 Å². The average molecular weight is 354 g/mol. The number of carbonyl (C=O) groups is 1. The van der Waals surface area contributed by atoms with Gasteiger partial charge in [0.25, 0.3) is 5.56 Å². The fraction of sp³-hybridized carbons (Fsp3) is 0.316. The zero-order valence-corrected chi connectivity index (χ0v) is 14.8. The molecule has 128 valence electrons. The lowest BCUT2D eigenvalue weighted by molar-refractivity contribution is -0.141. The minimum atomic E-state index is -0.921. The van der Waals surface area contributed by atoms with Crippen molar-refractivity contribution in [3.8, 4) is 0 Å². The molecule has 5 nitrogen and oxygen atoms in total. The van der Waals surface area contributed by atoms with Crippen molar-refractivity contribution in [1.29, 1.82) is 0 Å². The molecule has 6 heteroatoms. The molecule has 2 atom stereocenters. The fourth-order valence-corrected chi connectivity index (χ4v) is 4.26. The summed E-state index contributed by atoms with van der Waals surface area (Å²) in [5.41, 5.74) is 0.259. The summed E-state index contributed by atoms with van der Waals surface area (Å²) in [6.45, 7) is 3.98. The zero-order chi connectivity index (χ0) is 17.8. The Kier molecular flexibility index (Phi) is 3.54. The first-order chi connectivity index (χ1) is 12.0. The second-order valence-corrected chi connectivity index (χ2v) is 7.86. The molecule has 2 unspecified atom stereocenters. The summed E-state index contributed by atoms with van der Waals surface area (Å²) in [4.78, 5) is 31.5. The number of fused-ring (bicyclic) bond motifs is 3. The van der Waals surface area contributed by atoms with E-state index in [2.05, 4.69) is 18.0 Å². The Morgan fingerprint density at radius 3 is 2.92 bits per heavy atom. The van der Waals surface area contributed by atoms with Crippen molar-refractivity contribution in [2.45, 2.75) is 32.7 Å². The minimum Gasteiger partial charge on any atom is -0.481 e. The lowest BCUT2D eigenvalue weighted by Crippen LogP contribution is -2.32. The van der Waals surface area contributed by atoms with Crippen molar-refractivity contribution in [2.24, 2.45) is 5.41 Å². The van der Waals surface area contributed by atoms with Gasteiger partial charge in [-0.25, -0.2) is 4.98 Å². The maximum absolute atomic E-state index is 12.9. The van der Waals surface area contributed by atoms with E-state index in [4.69, 9.17) is 0 Å². The second-order valence-electron chi connectivity index (χ2n) is 6.54. The number of hydrogen-bond donors (Lipinski definition) is 1. The molecule has 3 heterocycles. The predicted octanol–water partition coefficient (Wildman–Crippen LogP) is 3.39. The van der Waals surface area contributed by atoms with Gasteiger partial charge in [0, 0.05) is 15.3 Å². The van der Waals surface area contributed by atoms with Crippen molar-refractivity contribution >= 4 is 35.5 Å². The molecule has 2 aromatic heterocycles. The highest BCUT2D eigenvalue weighted by Gasteiger charge is 2.62. The number of hydrogen-bond acceptors (Lipinski definition) is 4. The van der Waals surface area contributed by atoms with Crippen LogP contribution in [0.25, 0.3) is 18.2 Å². The van der Waals surface area contributed by atoms with Crippen LogP contribution in [-0.2, 0) is 11.2 Å². The molecule has 1 saturated carbocycles. The second kappa shape index (κ2) is 5.52. The molecule has 1 aliphatic heterocycles. The Morgan fingerprint density at radius 1 is 1.48 bits per heavy atom. The van der Waals surface area contributed by atoms with E-state index in [1.807, 2.05) is 25.1 Å². The molecule has 2 aliphatic rings. The third-order valence-electron chi connectivity index (χ3n) is 4.99. The van der Waals surface area contributed by atoms with Gasteiger partial charge in [0.15, 0.2) is 0 Å². The summed E-state index contributed by atoms with van der Waals surface area (Å²) >= 11 is 1.69. The Morgan fingerprint density at radius 2 is 2.28 bits per heavy atom. The monoisotopic (exact) mass is 354 g/mol. The summed E-state index contributed by atoms with van der Waals surface area (Å²) < 4.78 is 1.57. The van der Waals surface area contributed by atoms with E-state index < -0.39 is 11.4 Å². The van der Waals surface area contributed by atoms with Gasteiger partial charge in [-0.1, -0.05) is 13.0 Å². The molecule has 1 aliphatic carbocycles. The average Bonchev–Trinajstić information content (AvgIpc) is 3.21. The Bertz CT molecular complexity index is 999. The molecular formula is C19H18N2O3S. The minimum absolute atomic E-state index is 0.119. The standard InChI is InChI=1S/C19H18N2O3S/c1-3-13-14(7-6-12-5-4-11(2)25-12)20-16-8-9-19(18(23)24)10-15(19)21(16)17(13)22/h4-9,15H,3,10H2,1-2H3,(H,23,24)/b7-6+. The Hall–Kier alpha value is -2.47. The van der Waals surface area contributed by atoms with E-state index in [-0.39, 0.29) is 11.6 Å². The summed E-state index contributed by atoms with van der Waals surface area (Å²) in [5.74, 6) is -0.329. The van der Waals surface area contributed by atoms with Gasteiger partial charge in [-0.3, -0.25) is 14.2 Å². The SMILES string of the molecule is CCc1c(/C=C/c2ccc(C)s2)nc2n(c1=O)C1CC1(C(=O)O)C=C2. The molecule has 2 aromatic rings. The highest BCUT2D eigenvalue weighted by Crippen LogP contribution is 2.59. The van der Waals surface area contributed by atoms with Crippen molar-refractivity contribution in [3.63, 3.8) is 0 Å². The zero-order valence-electron chi connectivity index (χ0n) is 14.0. The van der Waals surface area contributed by atoms with Crippen molar-refractivity contribution in [2.75, 3.05) is 0 Å². The van der Waals surface area contributed by atoms with E-state index in [9.17, 15) is 14.7 Å². The van der Waals surface area contributed by atoms with Gasteiger partial charge >= 0.3 is 5.97 Å². The summed E-state index contributed by atoms with van der Waals surface area (Å²) in [6, 6.07) is 3.79. The predicted molar refractivity (Wildman–Crippen MR) is 98.6 cm³/mol. The molecule has 1 N–H and O–H groups in total. The van der Waals surface area contributed by atoms with Crippen LogP contribution < -0.4 is 5.56 Å². The number of rotatable bonds is 4. The van der Waals surface area contributed by atoms with Crippen LogP contribution in [0, 0.1) is 12.3 Å². The number of thiophene rings is 1. The van der Waals surface area contributed by atoms with E-state index >= 15 is 0 Å². The summed E-state index contributed by atoms with van der Waals surface area (Å²) in [5, 5.41) is 9.45. The lowest BCUT2D eigenvalue weighted by Gasteiger charge is -2.19. The molecule has 0 spiro atoms. The van der Waals surface area contributed by atoms with Gasteiger partial charge in [0.05, 0.1) is 11.7 Å². The number of carboxylic acid groups (broad SMARTS) is 1. The lowest BCUT2D eigenvalue weighted by atomic mass is 10.0. The van der Waals surface area contributed by atoms with Gasteiger partial charge in [0.2, 0.25) is 0 Å². The van der Waals surface area contributed by atoms with Gasteiger partial charge in [-0.15, -0.1) is 11.3 Å². The van der Waals surface area contributed by atoms with Crippen LogP contribution in [0.3, 0.4) is 0 Å². The molecule has 1 fully saturated rings. The maximum Gasteiger partial charge on any atom is 0.315 e. The maximum atomic E-state index is 12.9. The van der Waals surface area contributed by atoms with Crippen LogP contribution in [0.1, 0.15) is 46.2 Å². The van der Waals surface area contributed by atoms with Gasteiger partial charge < -0.3 is 5.11 Å². The number of carboxylic acids is 1. The highest BCUT2D eigenvalue weighted by molar-refractivity contribution is 7.12. The molecule has 0 saturated heterocycles. The van der Waals surface area contributed by atoms with Gasteiger partial charge in [0.1, 0.15) is 11.2 Å².